The minimum absolute atomic E-state index is 0.144. The van der Waals surface area contributed by atoms with Crippen molar-refractivity contribution in [1.29, 1.82) is 5.26 Å². The summed E-state index contributed by atoms with van der Waals surface area (Å²) in [4.78, 5) is 10.7. The Balaban J connectivity index is 1.46. The van der Waals surface area contributed by atoms with E-state index in [1.807, 2.05) is 24.3 Å². The van der Waals surface area contributed by atoms with Gasteiger partial charge >= 0.3 is 5.97 Å². The Morgan fingerprint density at radius 2 is 1.71 bits per heavy atom. The Morgan fingerprint density at radius 1 is 1.00 bits per heavy atom. The fraction of sp³-hybridized carbons (Fsp3) is 0.407. The molecule has 0 unspecified atom stereocenters. The Labute approximate surface area is 184 Å². The number of carbonyl (C=O) groups is 1. The van der Waals surface area contributed by atoms with Gasteiger partial charge in [-0.2, -0.15) is 5.26 Å². The number of benzene rings is 2. The Morgan fingerprint density at radius 3 is 2.35 bits per heavy atom. The first kappa shape index (κ1) is 21.2. The van der Waals surface area contributed by atoms with Crippen molar-refractivity contribution < 1.29 is 14.6 Å². The van der Waals surface area contributed by atoms with Crippen molar-refractivity contribution in [2.75, 3.05) is 6.61 Å². The Kier molecular flexibility index (Phi) is 6.42. The van der Waals surface area contributed by atoms with Crippen LogP contribution in [0.25, 0.3) is 5.57 Å². The van der Waals surface area contributed by atoms with Crippen LogP contribution in [0.3, 0.4) is 0 Å². The van der Waals surface area contributed by atoms with Crippen molar-refractivity contribution in [3.8, 4) is 11.8 Å². The molecule has 0 heterocycles. The van der Waals surface area contributed by atoms with Gasteiger partial charge < -0.3 is 9.84 Å². The van der Waals surface area contributed by atoms with Crippen LogP contribution in [-0.2, 0) is 16.6 Å². The lowest BCUT2D eigenvalue weighted by Gasteiger charge is -2.16. The van der Waals surface area contributed by atoms with E-state index < -0.39 is 5.97 Å². The van der Waals surface area contributed by atoms with E-state index in [0.29, 0.717) is 13.0 Å². The molecular weight excluding hydrogens is 386 g/mol. The molecule has 1 fully saturated rings. The van der Waals surface area contributed by atoms with E-state index in [9.17, 15) is 10.1 Å². The summed E-state index contributed by atoms with van der Waals surface area (Å²) in [6.07, 6.45) is 8.36. The molecule has 2 aromatic rings. The number of ether oxygens (including phenoxy) is 1. The highest BCUT2D eigenvalue weighted by atomic mass is 16.5. The maximum atomic E-state index is 10.7. The maximum Gasteiger partial charge on any atom is 0.303 e. The van der Waals surface area contributed by atoms with Crippen LogP contribution in [-0.4, -0.2) is 17.7 Å². The highest BCUT2D eigenvalue weighted by Gasteiger charge is 2.44. The third-order valence-electron chi connectivity index (χ3n) is 6.55. The van der Waals surface area contributed by atoms with Crippen molar-refractivity contribution in [3.05, 3.63) is 70.8 Å². The second kappa shape index (κ2) is 9.39. The molecule has 0 bridgehead atoms. The number of aliphatic carboxylic acids is 1. The molecule has 1 N–H and O–H groups in total. The molecule has 2 aliphatic rings. The molecule has 160 valence electrons. The molecule has 4 nitrogen and oxygen atoms in total. The zero-order chi connectivity index (χ0) is 21.7. The minimum atomic E-state index is -0.777. The largest absolute Gasteiger partial charge is 0.489 e. The predicted molar refractivity (Wildman–Crippen MR) is 121 cm³/mol. The number of carboxylic acid groups (broad SMARTS) is 1. The lowest BCUT2D eigenvalue weighted by atomic mass is 9.92. The fourth-order valence-electron chi connectivity index (χ4n) is 4.41. The Bertz CT molecular complexity index is 992. The summed E-state index contributed by atoms with van der Waals surface area (Å²) in [5.74, 6) is 0.0383. The van der Waals surface area contributed by atoms with Gasteiger partial charge in [0.15, 0.2) is 0 Å². The number of hydrogen-bond acceptors (Lipinski definition) is 3. The highest BCUT2D eigenvalue weighted by molar-refractivity contribution is 5.70. The summed E-state index contributed by atoms with van der Waals surface area (Å²) in [5.41, 5.74) is 5.93. The highest BCUT2D eigenvalue weighted by Crippen LogP contribution is 2.47. The standard InChI is InChI=1S/C27H29NO3/c28-19-27(16-17-27)23-11-9-21(10-12-23)25-5-3-1-2-4-22(25)18-31-24-13-6-20(7-14-24)8-15-26(29)30/h6-7,9-14H,1-5,8,15-18H2,(H,29,30). The van der Waals surface area contributed by atoms with E-state index in [1.165, 1.54) is 36.0 Å². The van der Waals surface area contributed by atoms with Gasteiger partial charge in [0.2, 0.25) is 0 Å². The first-order valence-corrected chi connectivity index (χ1v) is 11.3. The van der Waals surface area contributed by atoms with Gasteiger partial charge in [0.25, 0.3) is 0 Å². The van der Waals surface area contributed by atoms with Crippen molar-refractivity contribution in [2.45, 2.75) is 63.2 Å². The van der Waals surface area contributed by atoms with E-state index in [0.717, 1.165) is 42.6 Å². The van der Waals surface area contributed by atoms with Crippen LogP contribution >= 0.6 is 0 Å². The van der Waals surface area contributed by atoms with Crippen molar-refractivity contribution in [2.24, 2.45) is 0 Å². The fourth-order valence-corrected chi connectivity index (χ4v) is 4.41. The topological polar surface area (TPSA) is 70.3 Å². The molecule has 4 heteroatoms. The van der Waals surface area contributed by atoms with Crippen molar-refractivity contribution in [3.63, 3.8) is 0 Å². The molecule has 0 atom stereocenters. The normalized spacial score (nSPS) is 17.5. The monoisotopic (exact) mass is 415 g/mol. The van der Waals surface area contributed by atoms with Gasteiger partial charge in [0.05, 0.1) is 11.5 Å². The maximum absolute atomic E-state index is 10.7. The Hall–Kier alpha value is -3.06. The van der Waals surface area contributed by atoms with Gasteiger partial charge in [-0.3, -0.25) is 4.79 Å². The van der Waals surface area contributed by atoms with Gasteiger partial charge in [0.1, 0.15) is 12.4 Å². The van der Waals surface area contributed by atoms with Gasteiger partial charge in [-0.1, -0.05) is 42.8 Å². The molecule has 0 radical (unpaired) electrons. The van der Waals surface area contributed by atoms with Crippen LogP contribution in [0, 0.1) is 11.3 Å². The lowest BCUT2D eigenvalue weighted by molar-refractivity contribution is -0.136. The summed E-state index contributed by atoms with van der Waals surface area (Å²) in [6, 6.07) is 18.9. The third-order valence-corrected chi connectivity index (χ3v) is 6.55. The quantitative estimate of drug-likeness (QED) is 0.569. The summed E-state index contributed by atoms with van der Waals surface area (Å²) in [5, 5.41) is 18.3. The summed E-state index contributed by atoms with van der Waals surface area (Å²) < 4.78 is 6.12. The average molecular weight is 416 g/mol. The van der Waals surface area contributed by atoms with Crippen molar-refractivity contribution >= 4 is 11.5 Å². The number of nitriles is 1. The second-order valence-corrected chi connectivity index (χ2v) is 8.74. The minimum Gasteiger partial charge on any atom is -0.489 e. The van der Waals surface area contributed by atoms with E-state index in [-0.39, 0.29) is 11.8 Å². The molecule has 4 rings (SSSR count). The molecule has 2 aliphatic carbocycles. The smallest absolute Gasteiger partial charge is 0.303 e. The first-order valence-electron chi connectivity index (χ1n) is 11.3. The van der Waals surface area contributed by atoms with Crippen LogP contribution in [0.2, 0.25) is 0 Å². The predicted octanol–water partition coefficient (Wildman–Crippen LogP) is 6.06. The van der Waals surface area contributed by atoms with Crippen LogP contribution in [0.1, 0.15) is 68.1 Å². The number of hydrogen-bond donors (Lipinski definition) is 1. The average Bonchev–Trinajstić information content (AvgIpc) is 3.62. The van der Waals surface area contributed by atoms with Gasteiger partial charge in [-0.05, 0) is 84.9 Å². The molecule has 0 spiro atoms. The summed E-state index contributed by atoms with van der Waals surface area (Å²) in [7, 11) is 0. The SMILES string of the molecule is N#CC1(c2ccc(C3=C(COc4ccc(CCC(=O)O)cc4)CCCCC3)cc2)CC1. The number of nitrogens with zero attached hydrogens (tertiary/aromatic N) is 1. The molecule has 0 saturated heterocycles. The van der Waals surface area contributed by atoms with Gasteiger partial charge in [0, 0.05) is 6.42 Å². The zero-order valence-electron chi connectivity index (χ0n) is 17.9. The molecule has 1 saturated carbocycles. The van der Waals surface area contributed by atoms with Crippen molar-refractivity contribution in [1.82, 2.24) is 0 Å². The molecular formula is C27H29NO3. The third kappa shape index (κ3) is 5.17. The van der Waals surface area contributed by atoms with Gasteiger partial charge in [-0.25, -0.2) is 0 Å². The zero-order valence-corrected chi connectivity index (χ0v) is 17.9. The molecule has 0 aromatic heterocycles. The van der Waals surface area contributed by atoms with Crippen LogP contribution in [0.4, 0.5) is 0 Å². The van der Waals surface area contributed by atoms with Gasteiger partial charge in [-0.15, -0.1) is 0 Å². The second-order valence-electron chi connectivity index (χ2n) is 8.74. The number of aryl methyl sites for hydroxylation is 1. The van der Waals surface area contributed by atoms with E-state index in [1.54, 1.807) is 0 Å². The molecule has 0 amide bonds. The number of allylic oxidation sites excluding steroid dienone is 1. The number of carboxylic acids is 1. The molecule has 0 aliphatic heterocycles. The summed E-state index contributed by atoms with van der Waals surface area (Å²) >= 11 is 0. The van der Waals surface area contributed by atoms with E-state index >= 15 is 0 Å². The summed E-state index contributed by atoms with van der Waals surface area (Å²) in [6.45, 7) is 0.577. The first-order chi connectivity index (χ1) is 15.1. The lowest BCUT2D eigenvalue weighted by Crippen LogP contribution is -2.05. The molecule has 31 heavy (non-hydrogen) atoms. The van der Waals surface area contributed by atoms with Crippen LogP contribution < -0.4 is 4.74 Å². The van der Waals surface area contributed by atoms with E-state index in [2.05, 4.69) is 30.3 Å². The van der Waals surface area contributed by atoms with Crippen LogP contribution in [0.15, 0.2) is 54.1 Å². The molecule has 2 aromatic carbocycles. The number of rotatable bonds is 8. The van der Waals surface area contributed by atoms with Crippen LogP contribution in [0.5, 0.6) is 5.75 Å². The van der Waals surface area contributed by atoms with E-state index in [4.69, 9.17) is 9.84 Å².